The second-order valence-corrected chi connectivity index (χ2v) is 5.10. The molecule has 94 valence electrons. The summed E-state index contributed by atoms with van der Waals surface area (Å²) in [6.45, 7) is 2.88. The first-order valence-electron chi connectivity index (χ1n) is 6.71. The summed E-state index contributed by atoms with van der Waals surface area (Å²) in [5.74, 6) is 1.11. The Labute approximate surface area is 99.2 Å². The standard InChI is InChI=1S/C13H26N2O/c1-11(10-12-7-8-12)15-13(16)6-4-2-3-5-9-14/h11-12H,2-10,14H2,1H3,(H,15,16). The van der Waals surface area contributed by atoms with Crippen molar-refractivity contribution < 1.29 is 4.79 Å². The molecule has 1 aliphatic rings. The number of unbranched alkanes of at least 4 members (excludes halogenated alkanes) is 3. The van der Waals surface area contributed by atoms with Crippen LogP contribution in [0.25, 0.3) is 0 Å². The highest BCUT2D eigenvalue weighted by Gasteiger charge is 2.23. The minimum Gasteiger partial charge on any atom is -0.354 e. The van der Waals surface area contributed by atoms with E-state index in [2.05, 4.69) is 12.2 Å². The van der Waals surface area contributed by atoms with Crippen molar-refractivity contribution >= 4 is 5.91 Å². The minimum absolute atomic E-state index is 0.223. The Hall–Kier alpha value is -0.570. The van der Waals surface area contributed by atoms with Crippen molar-refractivity contribution in [2.24, 2.45) is 11.7 Å². The van der Waals surface area contributed by atoms with E-state index in [-0.39, 0.29) is 5.91 Å². The lowest BCUT2D eigenvalue weighted by Gasteiger charge is -2.13. The van der Waals surface area contributed by atoms with Gasteiger partial charge in [-0.1, -0.05) is 25.7 Å². The van der Waals surface area contributed by atoms with Crippen LogP contribution in [0.2, 0.25) is 0 Å². The topological polar surface area (TPSA) is 55.1 Å². The molecule has 0 radical (unpaired) electrons. The predicted molar refractivity (Wildman–Crippen MR) is 67.1 cm³/mol. The molecule has 16 heavy (non-hydrogen) atoms. The summed E-state index contributed by atoms with van der Waals surface area (Å²) in [6, 6.07) is 0.365. The third-order valence-corrected chi connectivity index (χ3v) is 3.15. The maximum atomic E-state index is 11.6. The number of amides is 1. The van der Waals surface area contributed by atoms with Crippen molar-refractivity contribution in [1.29, 1.82) is 0 Å². The molecular formula is C13H26N2O. The SMILES string of the molecule is CC(CC1CC1)NC(=O)CCCCCCN. The molecule has 3 heteroatoms. The van der Waals surface area contributed by atoms with Gasteiger partial charge in [0.15, 0.2) is 0 Å². The lowest BCUT2D eigenvalue weighted by atomic mass is 10.1. The quantitative estimate of drug-likeness (QED) is 0.592. The van der Waals surface area contributed by atoms with E-state index in [1.165, 1.54) is 19.3 Å². The highest BCUT2D eigenvalue weighted by Crippen LogP contribution is 2.33. The lowest BCUT2D eigenvalue weighted by Crippen LogP contribution is -2.32. The van der Waals surface area contributed by atoms with Gasteiger partial charge in [-0.2, -0.15) is 0 Å². The van der Waals surface area contributed by atoms with Gasteiger partial charge in [-0.15, -0.1) is 0 Å². The molecule has 0 saturated heterocycles. The molecule has 0 spiro atoms. The normalized spacial score (nSPS) is 17.1. The molecule has 1 rings (SSSR count). The van der Waals surface area contributed by atoms with Crippen LogP contribution in [0, 0.1) is 5.92 Å². The number of nitrogens with one attached hydrogen (secondary N) is 1. The fourth-order valence-electron chi connectivity index (χ4n) is 2.04. The highest BCUT2D eigenvalue weighted by molar-refractivity contribution is 5.76. The van der Waals surface area contributed by atoms with E-state index in [9.17, 15) is 4.79 Å². The fourth-order valence-corrected chi connectivity index (χ4v) is 2.04. The Balaban J connectivity index is 1.92. The fraction of sp³-hybridized carbons (Fsp3) is 0.923. The molecule has 1 aliphatic carbocycles. The van der Waals surface area contributed by atoms with Crippen molar-refractivity contribution in [3.05, 3.63) is 0 Å². The zero-order chi connectivity index (χ0) is 11.8. The van der Waals surface area contributed by atoms with E-state index >= 15 is 0 Å². The molecule has 1 amide bonds. The average molecular weight is 226 g/mol. The molecule has 3 N–H and O–H groups in total. The van der Waals surface area contributed by atoms with Crippen molar-refractivity contribution in [2.75, 3.05) is 6.54 Å². The summed E-state index contributed by atoms with van der Waals surface area (Å²) in [5, 5.41) is 3.08. The number of carbonyl (C=O) groups is 1. The third kappa shape index (κ3) is 6.83. The van der Waals surface area contributed by atoms with Crippen molar-refractivity contribution in [2.45, 2.75) is 64.3 Å². The first-order valence-corrected chi connectivity index (χ1v) is 6.71. The molecule has 0 bridgehead atoms. The molecule has 0 aliphatic heterocycles. The minimum atomic E-state index is 0.223. The maximum Gasteiger partial charge on any atom is 0.220 e. The molecule has 0 aromatic rings. The van der Waals surface area contributed by atoms with Gasteiger partial charge in [0.1, 0.15) is 0 Å². The molecular weight excluding hydrogens is 200 g/mol. The molecule has 1 unspecified atom stereocenters. The van der Waals surface area contributed by atoms with Crippen LogP contribution in [0.3, 0.4) is 0 Å². The van der Waals surface area contributed by atoms with E-state index in [0.29, 0.717) is 12.5 Å². The maximum absolute atomic E-state index is 11.6. The van der Waals surface area contributed by atoms with Gasteiger partial charge < -0.3 is 11.1 Å². The number of hydrogen-bond acceptors (Lipinski definition) is 2. The van der Waals surface area contributed by atoms with Crippen LogP contribution < -0.4 is 11.1 Å². The van der Waals surface area contributed by atoms with Gasteiger partial charge in [0.2, 0.25) is 5.91 Å². The summed E-state index contributed by atoms with van der Waals surface area (Å²) in [5.41, 5.74) is 5.41. The van der Waals surface area contributed by atoms with Gasteiger partial charge in [-0.25, -0.2) is 0 Å². The number of hydrogen-bond donors (Lipinski definition) is 2. The van der Waals surface area contributed by atoms with Gasteiger partial charge in [0.05, 0.1) is 0 Å². The van der Waals surface area contributed by atoms with E-state index in [1.807, 2.05) is 0 Å². The monoisotopic (exact) mass is 226 g/mol. The van der Waals surface area contributed by atoms with E-state index in [0.717, 1.165) is 38.1 Å². The van der Waals surface area contributed by atoms with E-state index < -0.39 is 0 Å². The predicted octanol–water partition coefficient (Wildman–Crippen LogP) is 2.20. The Morgan fingerprint density at radius 1 is 1.31 bits per heavy atom. The zero-order valence-electron chi connectivity index (χ0n) is 10.5. The first-order chi connectivity index (χ1) is 7.72. The van der Waals surface area contributed by atoms with Gasteiger partial charge >= 0.3 is 0 Å². The van der Waals surface area contributed by atoms with Crippen LogP contribution in [0.5, 0.6) is 0 Å². The Morgan fingerprint density at radius 2 is 2.00 bits per heavy atom. The lowest BCUT2D eigenvalue weighted by molar-refractivity contribution is -0.121. The van der Waals surface area contributed by atoms with Crippen LogP contribution in [-0.4, -0.2) is 18.5 Å². The summed E-state index contributed by atoms with van der Waals surface area (Å²) < 4.78 is 0. The molecule has 1 fully saturated rings. The number of nitrogens with two attached hydrogens (primary N) is 1. The summed E-state index contributed by atoms with van der Waals surface area (Å²) in [7, 11) is 0. The van der Waals surface area contributed by atoms with Gasteiger partial charge in [0, 0.05) is 12.5 Å². The number of rotatable bonds is 9. The Kier molecular flexibility index (Phi) is 6.46. The summed E-state index contributed by atoms with van der Waals surface area (Å²) in [6.07, 6.45) is 8.93. The second kappa shape index (κ2) is 7.66. The van der Waals surface area contributed by atoms with Crippen molar-refractivity contribution in [3.8, 4) is 0 Å². The number of carbonyl (C=O) groups excluding carboxylic acids is 1. The largest absolute Gasteiger partial charge is 0.354 e. The smallest absolute Gasteiger partial charge is 0.220 e. The highest BCUT2D eigenvalue weighted by atomic mass is 16.1. The molecule has 0 aromatic carbocycles. The zero-order valence-corrected chi connectivity index (χ0v) is 10.5. The van der Waals surface area contributed by atoms with Crippen LogP contribution >= 0.6 is 0 Å². The average Bonchev–Trinajstić information content (AvgIpc) is 3.01. The van der Waals surface area contributed by atoms with Gasteiger partial charge in [-0.05, 0) is 38.6 Å². The van der Waals surface area contributed by atoms with Crippen LogP contribution in [0.15, 0.2) is 0 Å². The van der Waals surface area contributed by atoms with E-state index in [4.69, 9.17) is 5.73 Å². The van der Waals surface area contributed by atoms with Crippen molar-refractivity contribution in [3.63, 3.8) is 0 Å². The van der Waals surface area contributed by atoms with Crippen molar-refractivity contribution in [1.82, 2.24) is 5.32 Å². The van der Waals surface area contributed by atoms with Gasteiger partial charge in [-0.3, -0.25) is 4.79 Å². The van der Waals surface area contributed by atoms with Crippen LogP contribution in [0.1, 0.15) is 58.3 Å². The second-order valence-electron chi connectivity index (χ2n) is 5.10. The third-order valence-electron chi connectivity index (χ3n) is 3.15. The van der Waals surface area contributed by atoms with Gasteiger partial charge in [0.25, 0.3) is 0 Å². The Bertz CT molecular complexity index is 202. The van der Waals surface area contributed by atoms with Crippen LogP contribution in [-0.2, 0) is 4.79 Å². The summed E-state index contributed by atoms with van der Waals surface area (Å²) >= 11 is 0. The Morgan fingerprint density at radius 3 is 2.62 bits per heavy atom. The molecule has 3 nitrogen and oxygen atoms in total. The first kappa shape index (κ1) is 13.5. The molecule has 0 heterocycles. The van der Waals surface area contributed by atoms with E-state index in [1.54, 1.807) is 0 Å². The summed E-state index contributed by atoms with van der Waals surface area (Å²) in [4.78, 5) is 11.6. The molecule has 1 saturated carbocycles. The molecule has 1 atom stereocenters. The molecule has 0 aromatic heterocycles. The van der Waals surface area contributed by atoms with Crippen LogP contribution in [0.4, 0.5) is 0 Å².